The zero-order valence-corrected chi connectivity index (χ0v) is 12.7. The number of halogens is 5. The van der Waals surface area contributed by atoms with Crippen molar-refractivity contribution < 1.29 is 36.6 Å². The minimum Gasteiger partial charge on any atom is -0.481 e. The van der Waals surface area contributed by atoms with Gasteiger partial charge in [0.1, 0.15) is 11.7 Å². The van der Waals surface area contributed by atoms with Crippen LogP contribution in [0.15, 0.2) is 12.7 Å². The fourth-order valence-electron chi connectivity index (χ4n) is 2.03. The SMILES string of the molecule is C=CCCCCCC(=O)C(CCCC(F)(F)C(F)(F)F)C(=O)O. The lowest BCUT2D eigenvalue weighted by Crippen LogP contribution is -2.36. The zero-order valence-electron chi connectivity index (χ0n) is 12.7. The monoisotopic (exact) mass is 344 g/mol. The summed E-state index contributed by atoms with van der Waals surface area (Å²) < 4.78 is 61.5. The number of rotatable bonds is 12. The Morgan fingerprint density at radius 3 is 2.13 bits per heavy atom. The molecule has 0 saturated carbocycles. The average Bonchev–Trinajstić information content (AvgIpc) is 2.41. The third kappa shape index (κ3) is 8.08. The van der Waals surface area contributed by atoms with Gasteiger partial charge in [-0.05, 0) is 32.1 Å². The van der Waals surface area contributed by atoms with E-state index in [0.29, 0.717) is 12.8 Å². The number of allylic oxidation sites excluding steroid dienone is 1. The fourth-order valence-corrected chi connectivity index (χ4v) is 2.03. The summed E-state index contributed by atoms with van der Waals surface area (Å²) in [4.78, 5) is 22.7. The Hall–Kier alpha value is -1.47. The van der Waals surface area contributed by atoms with Crippen LogP contribution in [0.3, 0.4) is 0 Å². The van der Waals surface area contributed by atoms with Crippen molar-refractivity contribution in [3.63, 3.8) is 0 Å². The van der Waals surface area contributed by atoms with E-state index in [0.717, 1.165) is 12.8 Å². The van der Waals surface area contributed by atoms with Crippen LogP contribution in [0.4, 0.5) is 22.0 Å². The van der Waals surface area contributed by atoms with Crippen molar-refractivity contribution in [3.8, 4) is 0 Å². The second kappa shape index (κ2) is 9.62. The number of aliphatic carboxylic acids is 1. The molecule has 0 aromatic heterocycles. The summed E-state index contributed by atoms with van der Waals surface area (Å²) in [6.45, 7) is 3.53. The predicted octanol–water partition coefficient (Wildman–Crippen LogP) is 4.76. The summed E-state index contributed by atoms with van der Waals surface area (Å²) in [5, 5.41) is 8.93. The minimum atomic E-state index is -5.67. The summed E-state index contributed by atoms with van der Waals surface area (Å²) in [6, 6.07) is 0. The molecule has 1 N–H and O–H groups in total. The lowest BCUT2D eigenvalue weighted by atomic mass is 9.93. The van der Waals surface area contributed by atoms with Gasteiger partial charge in [-0.3, -0.25) is 9.59 Å². The second-order valence-corrected chi connectivity index (χ2v) is 5.34. The van der Waals surface area contributed by atoms with E-state index in [9.17, 15) is 31.5 Å². The van der Waals surface area contributed by atoms with Crippen molar-refractivity contribution in [2.45, 2.75) is 63.5 Å². The summed E-state index contributed by atoms with van der Waals surface area (Å²) >= 11 is 0. The third-order valence-corrected chi connectivity index (χ3v) is 3.42. The Morgan fingerprint density at radius 1 is 1.04 bits per heavy atom. The van der Waals surface area contributed by atoms with Gasteiger partial charge in [0.05, 0.1) is 0 Å². The number of carbonyl (C=O) groups excluding carboxylic acids is 1. The van der Waals surface area contributed by atoms with E-state index in [2.05, 4.69) is 6.58 Å². The molecule has 0 saturated heterocycles. The van der Waals surface area contributed by atoms with Gasteiger partial charge in [0, 0.05) is 12.8 Å². The van der Waals surface area contributed by atoms with Crippen LogP contribution >= 0.6 is 0 Å². The van der Waals surface area contributed by atoms with E-state index in [-0.39, 0.29) is 6.42 Å². The molecule has 0 aliphatic heterocycles. The molecule has 23 heavy (non-hydrogen) atoms. The van der Waals surface area contributed by atoms with Crippen LogP contribution in [0.1, 0.15) is 51.4 Å². The molecule has 1 atom stereocenters. The first-order chi connectivity index (χ1) is 10.5. The van der Waals surface area contributed by atoms with Crippen LogP contribution in [-0.2, 0) is 9.59 Å². The van der Waals surface area contributed by atoms with E-state index in [1.165, 1.54) is 0 Å². The summed E-state index contributed by atoms with van der Waals surface area (Å²) in [7, 11) is 0. The normalized spacial score (nSPS) is 13.6. The number of unbranched alkanes of at least 4 members (excludes halogenated alkanes) is 3. The zero-order chi connectivity index (χ0) is 18.1. The molecular weight excluding hydrogens is 323 g/mol. The van der Waals surface area contributed by atoms with E-state index in [1.807, 2.05) is 0 Å². The Bertz CT molecular complexity index is 404. The van der Waals surface area contributed by atoms with Gasteiger partial charge in [0.2, 0.25) is 0 Å². The first-order valence-corrected chi connectivity index (χ1v) is 7.34. The molecular formula is C15H21F5O3. The third-order valence-electron chi connectivity index (χ3n) is 3.42. The minimum absolute atomic E-state index is 0.0240. The van der Waals surface area contributed by atoms with Gasteiger partial charge >= 0.3 is 18.1 Å². The molecule has 0 aromatic carbocycles. The van der Waals surface area contributed by atoms with Gasteiger partial charge in [0.25, 0.3) is 0 Å². The summed E-state index contributed by atoms with van der Waals surface area (Å²) in [5.41, 5.74) is 0. The van der Waals surface area contributed by atoms with Gasteiger partial charge in [-0.1, -0.05) is 12.5 Å². The smallest absolute Gasteiger partial charge is 0.453 e. The predicted molar refractivity (Wildman–Crippen MR) is 74.3 cm³/mol. The summed E-state index contributed by atoms with van der Waals surface area (Å²) in [5.74, 6) is -8.52. The van der Waals surface area contributed by atoms with Crippen molar-refractivity contribution >= 4 is 11.8 Å². The average molecular weight is 344 g/mol. The fraction of sp³-hybridized carbons (Fsp3) is 0.733. The highest BCUT2D eigenvalue weighted by molar-refractivity contribution is 5.98. The summed E-state index contributed by atoms with van der Waals surface area (Å²) in [6.07, 6.45) is -4.00. The Labute approximate surface area is 131 Å². The molecule has 134 valence electrons. The largest absolute Gasteiger partial charge is 0.481 e. The molecule has 0 rings (SSSR count). The topological polar surface area (TPSA) is 54.4 Å². The van der Waals surface area contributed by atoms with Crippen LogP contribution in [0.25, 0.3) is 0 Å². The molecule has 8 heteroatoms. The van der Waals surface area contributed by atoms with Crippen molar-refractivity contribution in [1.29, 1.82) is 0 Å². The number of hydrogen-bond donors (Lipinski definition) is 1. The number of hydrogen-bond acceptors (Lipinski definition) is 2. The maximum absolute atomic E-state index is 12.7. The van der Waals surface area contributed by atoms with Crippen LogP contribution in [0, 0.1) is 5.92 Å². The molecule has 0 amide bonds. The first-order valence-electron chi connectivity index (χ1n) is 7.34. The van der Waals surface area contributed by atoms with Crippen LogP contribution in [-0.4, -0.2) is 29.0 Å². The molecule has 0 heterocycles. The molecule has 0 fully saturated rings. The molecule has 0 radical (unpaired) electrons. The molecule has 0 bridgehead atoms. The molecule has 0 aromatic rings. The van der Waals surface area contributed by atoms with Crippen molar-refractivity contribution in [2.75, 3.05) is 0 Å². The van der Waals surface area contributed by atoms with E-state index in [4.69, 9.17) is 5.11 Å². The van der Waals surface area contributed by atoms with Crippen molar-refractivity contribution in [2.24, 2.45) is 5.92 Å². The lowest BCUT2D eigenvalue weighted by molar-refractivity contribution is -0.284. The van der Waals surface area contributed by atoms with Gasteiger partial charge in [0.15, 0.2) is 0 Å². The number of alkyl halides is 5. The van der Waals surface area contributed by atoms with E-state index >= 15 is 0 Å². The second-order valence-electron chi connectivity index (χ2n) is 5.34. The standard InChI is InChI=1S/C15H21F5O3/c1-2-3-4-5-6-9-12(21)11(13(22)23)8-7-10-14(16,17)15(18,19)20/h2,11H,1,3-10H2,(H,22,23). The van der Waals surface area contributed by atoms with Crippen molar-refractivity contribution in [3.05, 3.63) is 12.7 Å². The van der Waals surface area contributed by atoms with Gasteiger partial charge in [-0.25, -0.2) is 0 Å². The highest BCUT2D eigenvalue weighted by atomic mass is 19.4. The van der Waals surface area contributed by atoms with Crippen LogP contribution in [0.2, 0.25) is 0 Å². The molecule has 0 spiro atoms. The van der Waals surface area contributed by atoms with Gasteiger partial charge in [-0.2, -0.15) is 22.0 Å². The Morgan fingerprint density at radius 2 is 1.65 bits per heavy atom. The number of Topliss-reactive ketones (excluding diaryl/α,β-unsaturated/α-hetero) is 1. The molecule has 1 unspecified atom stereocenters. The molecule has 0 aliphatic rings. The number of ketones is 1. The number of carboxylic acid groups (broad SMARTS) is 1. The highest BCUT2D eigenvalue weighted by Crippen LogP contribution is 2.39. The Kier molecular flexibility index (Phi) is 9.01. The van der Waals surface area contributed by atoms with E-state index in [1.54, 1.807) is 6.08 Å². The number of carbonyl (C=O) groups is 2. The van der Waals surface area contributed by atoms with Crippen molar-refractivity contribution in [1.82, 2.24) is 0 Å². The van der Waals surface area contributed by atoms with Crippen LogP contribution < -0.4 is 0 Å². The van der Waals surface area contributed by atoms with Gasteiger partial charge in [-0.15, -0.1) is 6.58 Å². The first kappa shape index (κ1) is 21.5. The maximum atomic E-state index is 12.7. The van der Waals surface area contributed by atoms with Gasteiger partial charge < -0.3 is 5.11 Å². The molecule has 3 nitrogen and oxygen atoms in total. The molecule has 0 aliphatic carbocycles. The van der Waals surface area contributed by atoms with E-state index < -0.39 is 49.0 Å². The Balaban J connectivity index is 4.34. The number of carboxylic acids is 1. The lowest BCUT2D eigenvalue weighted by Gasteiger charge is -2.20. The quantitative estimate of drug-likeness (QED) is 0.240. The maximum Gasteiger partial charge on any atom is 0.453 e. The van der Waals surface area contributed by atoms with Crippen LogP contribution in [0.5, 0.6) is 0 Å². The highest BCUT2D eigenvalue weighted by Gasteiger charge is 2.56.